The van der Waals surface area contributed by atoms with Gasteiger partial charge in [-0.25, -0.2) is 9.97 Å². The number of benzene rings is 1. The Balaban J connectivity index is 1.60. The highest BCUT2D eigenvalue weighted by molar-refractivity contribution is 7.13. The van der Waals surface area contributed by atoms with Crippen LogP contribution in [0.2, 0.25) is 0 Å². The van der Waals surface area contributed by atoms with Crippen LogP contribution in [0.4, 0.5) is 11.5 Å². The number of rotatable bonds is 4. The van der Waals surface area contributed by atoms with E-state index >= 15 is 0 Å². The van der Waals surface area contributed by atoms with E-state index in [0.29, 0.717) is 11.5 Å². The zero-order chi connectivity index (χ0) is 21.4. The molecule has 0 saturated heterocycles. The van der Waals surface area contributed by atoms with Gasteiger partial charge in [0.15, 0.2) is 0 Å². The summed E-state index contributed by atoms with van der Waals surface area (Å²) in [6.45, 7) is 1.97. The Kier molecular flexibility index (Phi) is 4.68. The van der Waals surface area contributed by atoms with Crippen molar-refractivity contribution >= 4 is 22.8 Å². The summed E-state index contributed by atoms with van der Waals surface area (Å²) in [5, 5.41) is 0. The fourth-order valence-corrected chi connectivity index (χ4v) is 3.96. The lowest BCUT2D eigenvalue weighted by Gasteiger charge is -2.10. The Bertz CT molecular complexity index is 1340. The maximum absolute atomic E-state index is 6.12. The molecule has 0 unspecified atom stereocenters. The number of thiazole rings is 1. The third kappa shape index (κ3) is 3.53. The summed E-state index contributed by atoms with van der Waals surface area (Å²) in [7, 11) is 0. The summed E-state index contributed by atoms with van der Waals surface area (Å²) >= 11 is 1.56. The third-order valence-corrected chi connectivity index (χ3v) is 5.84. The van der Waals surface area contributed by atoms with Gasteiger partial charge in [-0.2, -0.15) is 0 Å². The first-order chi connectivity index (χ1) is 15.1. The molecule has 7 nitrogen and oxygen atoms in total. The standard InChI is InChI=1S/C23H19N7S/c1-14-2-7-17(10-28-14)30-12-19(20-11-26-13-31-20)29-23(30)16-5-3-15(4-6-16)18-8-9-27-22(25)21(18)24/h2-13H,24H2,1H3,(H2,25,27). The van der Waals surface area contributed by atoms with Crippen molar-refractivity contribution in [3.05, 3.63) is 78.5 Å². The lowest BCUT2D eigenvalue weighted by molar-refractivity contribution is 1.04. The molecular formula is C23H19N7S. The molecule has 0 aliphatic rings. The zero-order valence-electron chi connectivity index (χ0n) is 16.7. The van der Waals surface area contributed by atoms with Crippen molar-refractivity contribution in [2.45, 2.75) is 6.92 Å². The second kappa shape index (κ2) is 7.66. The molecule has 0 fully saturated rings. The average Bonchev–Trinajstić information content (AvgIpc) is 3.47. The van der Waals surface area contributed by atoms with Crippen molar-refractivity contribution in [3.63, 3.8) is 0 Å². The SMILES string of the molecule is Cc1ccc(-n2cc(-c3cncs3)nc2-c2ccc(-c3ccnc(N)c3N)cc2)cn1. The molecule has 0 spiro atoms. The zero-order valence-corrected chi connectivity index (χ0v) is 17.5. The maximum atomic E-state index is 6.12. The van der Waals surface area contributed by atoms with Gasteiger partial charge >= 0.3 is 0 Å². The summed E-state index contributed by atoms with van der Waals surface area (Å²) < 4.78 is 2.05. The molecule has 8 heteroatoms. The molecule has 4 N–H and O–H groups in total. The van der Waals surface area contributed by atoms with Gasteiger partial charge in [-0.15, -0.1) is 11.3 Å². The van der Waals surface area contributed by atoms with Crippen molar-refractivity contribution < 1.29 is 0 Å². The first kappa shape index (κ1) is 19.0. The van der Waals surface area contributed by atoms with Gasteiger partial charge in [-0.1, -0.05) is 24.3 Å². The van der Waals surface area contributed by atoms with Crippen molar-refractivity contribution in [3.8, 4) is 38.8 Å². The minimum atomic E-state index is 0.332. The summed E-state index contributed by atoms with van der Waals surface area (Å²) in [5.41, 5.74) is 19.8. The van der Waals surface area contributed by atoms with Crippen LogP contribution in [0.15, 0.2) is 72.8 Å². The van der Waals surface area contributed by atoms with Gasteiger partial charge in [-0.05, 0) is 30.7 Å². The topological polar surface area (TPSA) is 109 Å². The van der Waals surface area contributed by atoms with Crippen LogP contribution >= 0.6 is 11.3 Å². The number of nitrogens with zero attached hydrogens (tertiary/aromatic N) is 5. The van der Waals surface area contributed by atoms with Crippen LogP contribution in [0.1, 0.15) is 5.69 Å². The van der Waals surface area contributed by atoms with E-state index < -0.39 is 0 Å². The van der Waals surface area contributed by atoms with Crippen molar-refractivity contribution in [2.24, 2.45) is 0 Å². The number of hydrogen-bond acceptors (Lipinski definition) is 7. The molecule has 152 valence electrons. The van der Waals surface area contributed by atoms with Gasteiger partial charge in [0.2, 0.25) is 0 Å². The van der Waals surface area contributed by atoms with Gasteiger partial charge in [0, 0.05) is 35.4 Å². The van der Waals surface area contributed by atoms with Crippen molar-refractivity contribution in [2.75, 3.05) is 11.5 Å². The van der Waals surface area contributed by atoms with Crippen LogP contribution in [0.3, 0.4) is 0 Å². The van der Waals surface area contributed by atoms with E-state index in [-0.39, 0.29) is 0 Å². The Hall–Kier alpha value is -4.04. The molecule has 0 aliphatic carbocycles. The largest absolute Gasteiger partial charge is 0.395 e. The van der Waals surface area contributed by atoms with Gasteiger partial charge in [0.25, 0.3) is 0 Å². The Morgan fingerprint density at radius 2 is 1.71 bits per heavy atom. The van der Waals surface area contributed by atoms with E-state index in [2.05, 4.69) is 19.5 Å². The van der Waals surface area contributed by atoms with Crippen LogP contribution < -0.4 is 11.5 Å². The molecule has 0 atom stereocenters. The molecule has 0 aliphatic heterocycles. The summed E-state index contributed by atoms with van der Waals surface area (Å²) in [6.07, 6.45) is 7.36. The molecule has 0 saturated carbocycles. The number of aromatic nitrogens is 5. The van der Waals surface area contributed by atoms with E-state index in [0.717, 1.165) is 44.5 Å². The van der Waals surface area contributed by atoms with Crippen LogP contribution in [0.5, 0.6) is 0 Å². The molecule has 0 bridgehead atoms. The van der Waals surface area contributed by atoms with E-state index in [1.807, 2.05) is 68.0 Å². The highest BCUT2D eigenvalue weighted by Crippen LogP contribution is 2.33. The number of pyridine rings is 2. The van der Waals surface area contributed by atoms with Gasteiger partial charge in [0.05, 0.1) is 28.0 Å². The maximum Gasteiger partial charge on any atom is 0.147 e. The molecule has 0 amide bonds. The predicted octanol–water partition coefficient (Wildman–Crippen LogP) is 4.59. The number of nitrogens with two attached hydrogens (primary N) is 2. The van der Waals surface area contributed by atoms with Crippen LogP contribution in [0, 0.1) is 6.92 Å². The first-order valence-electron chi connectivity index (χ1n) is 9.62. The minimum absolute atomic E-state index is 0.332. The molecule has 31 heavy (non-hydrogen) atoms. The van der Waals surface area contributed by atoms with E-state index in [1.165, 1.54) is 0 Å². The molecule has 4 aromatic heterocycles. The smallest absolute Gasteiger partial charge is 0.147 e. The quantitative estimate of drug-likeness (QED) is 0.436. The monoisotopic (exact) mass is 425 g/mol. The van der Waals surface area contributed by atoms with Gasteiger partial charge in [0.1, 0.15) is 17.3 Å². The number of nitrogen functional groups attached to an aromatic ring is 2. The predicted molar refractivity (Wildman–Crippen MR) is 125 cm³/mol. The highest BCUT2D eigenvalue weighted by Gasteiger charge is 2.15. The third-order valence-electron chi connectivity index (χ3n) is 5.04. The summed E-state index contributed by atoms with van der Waals surface area (Å²) in [5.74, 6) is 1.15. The molecular weight excluding hydrogens is 406 g/mol. The van der Waals surface area contributed by atoms with Crippen molar-refractivity contribution in [1.82, 2.24) is 24.5 Å². The second-order valence-electron chi connectivity index (χ2n) is 7.08. The van der Waals surface area contributed by atoms with Crippen molar-refractivity contribution in [1.29, 1.82) is 0 Å². The minimum Gasteiger partial charge on any atom is -0.395 e. The lowest BCUT2D eigenvalue weighted by atomic mass is 10.0. The second-order valence-corrected chi connectivity index (χ2v) is 7.96. The van der Waals surface area contributed by atoms with E-state index in [1.54, 1.807) is 23.0 Å². The van der Waals surface area contributed by atoms with Gasteiger partial charge < -0.3 is 11.5 Å². The summed E-state index contributed by atoms with van der Waals surface area (Å²) in [6, 6.07) is 14.0. The number of imidazole rings is 1. The Labute approximate surface area is 183 Å². The number of anilines is 2. The Morgan fingerprint density at radius 1 is 0.903 bits per heavy atom. The fourth-order valence-electron chi connectivity index (χ4n) is 3.38. The average molecular weight is 426 g/mol. The highest BCUT2D eigenvalue weighted by atomic mass is 32.1. The molecule has 0 radical (unpaired) electrons. The fraction of sp³-hybridized carbons (Fsp3) is 0.0435. The summed E-state index contributed by atoms with van der Waals surface area (Å²) in [4.78, 5) is 18.6. The van der Waals surface area contributed by atoms with Gasteiger partial charge in [-0.3, -0.25) is 14.5 Å². The Morgan fingerprint density at radius 3 is 2.42 bits per heavy atom. The molecule has 4 heterocycles. The van der Waals surface area contributed by atoms with E-state index in [4.69, 9.17) is 16.5 Å². The molecule has 5 aromatic rings. The number of aryl methyl sites for hydroxylation is 1. The lowest BCUT2D eigenvalue weighted by Crippen LogP contribution is -2.00. The molecule has 1 aromatic carbocycles. The normalized spacial score (nSPS) is 11.0. The van der Waals surface area contributed by atoms with Crippen LogP contribution in [-0.4, -0.2) is 24.5 Å². The van der Waals surface area contributed by atoms with Crippen LogP contribution in [0.25, 0.3) is 38.8 Å². The van der Waals surface area contributed by atoms with E-state index in [9.17, 15) is 0 Å². The van der Waals surface area contributed by atoms with Crippen LogP contribution in [-0.2, 0) is 0 Å². The molecule has 5 rings (SSSR count). The number of hydrogen-bond donors (Lipinski definition) is 2. The first-order valence-corrected chi connectivity index (χ1v) is 10.5.